The molecule has 0 radical (unpaired) electrons. The number of hydrogen-bond acceptors (Lipinski definition) is 5. The van der Waals surface area contributed by atoms with Crippen LogP contribution in [0.5, 0.6) is 11.5 Å². The Labute approximate surface area is 178 Å². The number of rotatable bonds is 10. The van der Waals surface area contributed by atoms with Crippen LogP contribution in [0, 0.1) is 0 Å². The highest BCUT2D eigenvalue weighted by Crippen LogP contribution is 2.27. The van der Waals surface area contributed by atoms with Gasteiger partial charge in [-0.25, -0.2) is 5.43 Å². The summed E-state index contributed by atoms with van der Waals surface area (Å²) in [5.41, 5.74) is 3.84. The molecule has 0 aliphatic carbocycles. The summed E-state index contributed by atoms with van der Waals surface area (Å²) in [6.07, 6.45) is 2.51. The maximum Gasteiger partial charge on any atom is 0.240 e. The highest BCUT2D eigenvalue weighted by Gasteiger charge is 2.07. The molecule has 8 heteroatoms. The summed E-state index contributed by atoms with van der Waals surface area (Å²) in [4.78, 5) is 23.8. The number of carbonyl (C=O) groups is 2. The van der Waals surface area contributed by atoms with Crippen LogP contribution < -0.4 is 20.2 Å². The average molecular weight is 462 g/mol. The Balaban J connectivity index is 1.78. The molecular formula is C21H24BrN3O4. The van der Waals surface area contributed by atoms with Crippen molar-refractivity contribution in [1.29, 1.82) is 0 Å². The molecule has 7 nitrogen and oxygen atoms in total. The first-order valence-electron chi connectivity index (χ1n) is 9.20. The van der Waals surface area contributed by atoms with Crippen LogP contribution in [0.4, 0.5) is 5.69 Å². The number of nitrogens with one attached hydrogen (secondary N) is 2. The molecule has 2 aromatic rings. The lowest BCUT2D eigenvalue weighted by Crippen LogP contribution is -2.20. The van der Waals surface area contributed by atoms with Crippen LogP contribution in [0.2, 0.25) is 0 Å². The zero-order chi connectivity index (χ0) is 21.1. The maximum absolute atomic E-state index is 11.9. The third-order valence-corrected chi connectivity index (χ3v) is 4.29. The van der Waals surface area contributed by atoms with Crippen LogP contribution in [0.25, 0.3) is 0 Å². The summed E-state index contributed by atoms with van der Waals surface area (Å²) < 4.78 is 11.8. The van der Waals surface area contributed by atoms with Gasteiger partial charge in [-0.1, -0.05) is 22.9 Å². The molecule has 2 rings (SSSR count). The van der Waals surface area contributed by atoms with E-state index in [1.54, 1.807) is 31.4 Å². The summed E-state index contributed by atoms with van der Waals surface area (Å²) in [5.74, 6) is 0.673. The van der Waals surface area contributed by atoms with E-state index in [1.165, 1.54) is 6.21 Å². The number of nitrogens with zero attached hydrogens (tertiary/aromatic N) is 1. The Morgan fingerprint density at radius 1 is 1.07 bits per heavy atom. The minimum Gasteiger partial charge on any atom is -0.493 e. The van der Waals surface area contributed by atoms with Crippen LogP contribution in [0.1, 0.15) is 31.7 Å². The smallest absolute Gasteiger partial charge is 0.240 e. The SMILES string of the molecule is CCCOc1ccc(/C=N/NC(=O)CCC(=O)Nc2ccc(Br)cc2)cc1OC. The van der Waals surface area contributed by atoms with Gasteiger partial charge in [-0.15, -0.1) is 0 Å². The number of ether oxygens (including phenoxy) is 2. The highest BCUT2D eigenvalue weighted by molar-refractivity contribution is 9.10. The van der Waals surface area contributed by atoms with Gasteiger partial charge in [-0.05, 0) is 54.4 Å². The predicted octanol–water partition coefficient (Wildman–Crippen LogP) is 4.12. The molecule has 2 N–H and O–H groups in total. The van der Waals surface area contributed by atoms with Gasteiger partial charge in [0.25, 0.3) is 0 Å². The third-order valence-electron chi connectivity index (χ3n) is 3.76. The van der Waals surface area contributed by atoms with E-state index in [2.05, 4.69) is 31.8 Å². The summed E-state index contributed by atoms with van der Waals surface area (Å²) in [7, 11) is 1.57. The van der Waals surface area contributed by atoms with Gasteiger partial charge in [0.2, 0.25) is 11.8 Å². The van der Waals surface area contributed by atoms with E-state index in [0.717, 1.165) is 16.5 Å². The second-order valence-corrected chi connectivity index (χ2v) is 7.02. The predicted molar refractivity (Wildman–Crippen MR) is 117 cm³/mol. The van der Waals surface area contributed by atoms with Crippen LogP contribution in [0.15, 0.2) is 52.0 Å². The third kappa shape index (κ3) is 7.95. The van der Waals surface area contributed by atoms with Crippen molar-refractivity contribution >= 4 is 39.6 Å². The second kappa shape index (κ2) is 11.9. The molecule has 0 bridgehead atoms. The second-order valence-electron chi connectivity index (χ2n) is 6.11. The quantitative estimate of drug-likeness (QED) is 0.411. The summed E-state index contributed by atoms with van der Waals surface area (Å²) in [6.45, 7) is 2.63. The zero-order valence-electron chi connectivity index (χ0n) is 16.4. The van der Waals surface area contributed by atoms with Crippen LogP contribution in [0.3, 0.4) is 0 Å². The molecule has 0 aliphatic heterocycles. The number of hydrogen-bond donors (Lipinski definition) is 2. The Hall–Kier alpha value is -2.87. The van der Waals surface area contributed by atoms with Crippen LogP contribution in [-0.4, -0.2) is 31.7 Å². The summed E-state index contributed by atoms with van der Waals surface area (Å²) in [5, 5.41) is 6.66. The van der Waals surface area contributed by atoms with Gasteiger partial charge in [0.15, 0.2) is 11.5 Å². The van der Waals surface area contributed by atoms with Gasteiger partial charge in [-0.2, -0.15) is 5.10 Å². The molecule has 0 unspecified atom stereocenters. The first kappa shape index (κ1) is 22.4. The number of carbonyl (C=O) groups excluding carboxylic acids is 2. The monoisotopic (exact) mass is 461 g/mol. The van der Waals surface area contributed by atoms with Crippen molar-refractivity contribution in [2.75, 3.05) is 19.0 Å². The minimum atomic E-state index is -0.345. The van der Waals surface area contributed by atoms with Crippen molar-refractivity contribution in [3.8, 4) is 11.5 Å². The topological polar surface area (TPSA) is 89.0 Å². The van der Waals surface area contributed by atoms with E-state index in [9.17, 15) is 9.59 Å². The van der Waals surface area contributed by atoms with Gasteiger partial charge in [-0.3, -0.25) is 9.59 Å². The van der Waals surface area contributed by atoms with Crippen LogP contribution >= 0.6 is 15.9 Å². The normalized spacial score (nSPS) is 10.6. The maximum atomic E-state index is 11.9. The van der Waals surface area contributed by atoms with Crippen molar-refractivity contribution in [2.24, 2.45) is 5.10 Å². The molecular weight excluding hydrogens is 438 g/mol. The Morgan fingerprint density at radius 2 is 1.79 bits per heavy atom. The molecule has 0 fully saturated rings. The number of methoxy groups -OCH3 is 1. The van der Waals surface area contributed by atoms with Crippen LogP contribution in [-0.2, 0) is 9.59 Å². The fourth-order valence-corrected chi connectivity index (χ4v) is 2.58. The van der Waals surface area contributed by atoms with E-state index in [1.807, 2.05) is 25.1 Å². The number of halogens is 1. The molecule has 154 valence electrons. The number of amides is 2. The molecule has 2 amide bonds. The number of hydrazone groups is 1. The molecule has 0 heterocycles. The lowest BCUT2D eigenvalue weighted by molar-refractivity contribution is -0.124. The van der Waals surface area contributed by atoms with Gasteiger partial charge < -0.3 is 14.8 Å². The van der Waals surface area contributed by atoms with Crippen molar-refractivity contribution in [3.63, 3.8) is 0 Å². The first-order valence-corrected chi connectivity index (χ1v) is 9.99. The first-order chi connectivity index (χ1) is 14.0. The molecule has 0 spiro atoms. The van der Waals surface area contributed by atoms with E-state index >= 15 is 0 Å². The molecule has 2 aromatic carbocycles. The number of anilines is 1. The highest BCUT2D eigenvalue weighted by atomic mass is 79.9. The van der Waals surface area contributed by atoms with Crippen molar-refractivity contribution in [3.05, 3.63) is 52.5 Å². The molecule has 29 heavy (non-hydrogen) atoms. The van der Waals surface area contributed by atoms with Gasteiger partial charge in [0.05, 0.1) is 19.9 Å². The van der Waals surface area contributed by atoms with Crippen molar-refractivity contribution < 1.29 is 19.1 Å². The van der Waals surface area contributed by atoms with E-state index in [0.29, 0.717) is 23.8 Å². The van der Waals surface area contributed by atoms with Crippen molar-refractivity contribution in [2.45, 2.75) is 26.2 Å². The minimum absolute atomic E-state index is 0.0345. The molecule has 0 aliphatic rings. The Kier molecular flexibility index (Phi) is 9.17. The van der Waals surface area contributed by atoms with Gasteiger partial charge in [0.1, 0.15) is 0 Å². The Bertz CT molecular complexity index is 854. The average Bonchev–Trinajstić information content (AvgIpc) is 2.72. The lowest BCUT2D eigenvalue weighted by Gasteiger charge is -2.10. The molecule has 0 aromatic heterocycles. The largest absolute Gasteiger partial charge is 0.493 e. The fraction of sp³-hybridized carbons (Fsp3) is 0.286. The van der Waals surface area contributed by atoms with E-state index in [4.69, 9.17) is 9.47 Å². The standard InChI is InChI=1S/C21H24BrN3O4/c1-3-12-29-18-9-4-15(13-19(18)28-2)14-23-25-21(27)11-10-20(26)24-17-7-5-16(22)6-8-17/h4-9,13-14H,3,10-12H2,1-2H3,(H,24,26)(H,25,27)/b23-14+. The fourth-order valence-electron chi connectivity index (χ4n) is 2.31. The molecule has 0 atom stereocenters. The molecule has 0 saturated heterocycles. The van der Waals surface area contributed by atoms with Gasteiger partial charge in [0, 0.05) is 23.0 Å². The number of benzene rings is 2. The Morgan fingerprint density at radius 3 is 2.48 bits per heavy atom. The van der Waals surface area contributed by atoms with Crippen molar-refractivity contribution in [1.82, 2.24) is 5.43 Å². The van der Waals surface area contributed by atoms with E-state index in [-0.39, 0.29) is 24.7 Å². The lowest BCUT2D eigenvalue weighted by atomic mass is 10.2. The van der Waals surface area contributed by atoms with Gasteiger partial charge >= 0.3 is 0 Å². The summed E-state index contributed by atoms with van der Waals surface area (Å²) in [6, 6.07) is 12.6. The van der Waals surface area contributed by atoms with E-state index < -0.39 is 0 Å². The zero-order valence-corrected chi connectivity index (χ0v) is 18.0. The molecule has 0 saturated carbocycles. The summed E-state index contributed by atoms with van der Waals surface area (Å²) >= 11 is 3.33.